The third kappa shape index (κ3) is 5.25. The molecule has 11 heteroatoms. The van der Waals surface area contributed by atoms with E-state index in [1.165, 1.54) is 29.4 Å². The van der Waals surface area contributed by atoms with Crippen LogP contribution in [0.3, 0.4) is 0 Å². The summed E-state index contributed by atoms with van der Waals surface area (Å²) in [6.45, 7) is 3.16. The van der Waals surface area contributed by atoms with Crippen LogP contribution in [0.4, 0.5) is 5.69 Å². The third-order valence-electron chi connectivity index (χ3n) is 4.21. The van der Waals surface area contributed by atoms with Crippen molar-refractivity contribution in [2.75, 3.05) is 44.8 Å². The number of hydrogen-bond acceptors (Lipinski definition) is 8. The highest BCUT2D eigenvalue weighted by molar-refractivity contribution is 7.89. The molecular weight excluding hydrogens is 404 g/mol. The van der Waals surface area contributed by atoms with Crippen LogP contribution >= 0.6 is 0 Å². The van der Waals surface area contributed by atoms with E-state index in [2.05, 4.69) is 5.32 Å². The van der Waals surface area contributed by atoms with Gasteiger partial charge in [0, 0.05) is 18.8 Å². The third-order valence-corrected chi connectivity index (χ3v) is 6.11. The van der Waals surface area contributed by atoms with E-state index < -0.39 is 28.0 Å². The van der Waals surface area contributed by atoms with Crippen LogP contribution in [-0.2, 0) is 38.6 Å². The zero-order valence-electron chi connectivity index (χ0n) is 15.8. The normalized spacial score (nSPS) is 18.6. The van der Waals surface area contributed by atoms with Crippen LogP contribution in [0.2, 0.25) is 0 Å². The number of carbonyl (C=O) groups excluding carboxylic acids is 2. The molecule has 0 radical (unpaired) electrons. The van der Waals surface area contributed by atoms with E-state index in [1.807, 2.05) is 0 Å². The standard InChI is InChI=1S/C18H22N2O8S/c1-13(28-18(22)16-12-26-9-10-27-16)17(21)19-14-3-2-4-15(11-14)29(23,24)20-5-7-25-8-6-20/h2-4,11-13H,5-10H2,1H3,(H,19,21)/t13-/m0/s1. The summed E-state index contributed by atoms with van der Waals surface area (Å²) in [7, 11) is -3.70. The number of benzene rings is 1. The maximum Gasteiger partial charge on any atom is 0.377 e. The van der Waals surface area contributed by atoms with Gasteiger partial charge >= 0.3 is 5.97 Å². The molecule has 1 N–H and O–H groups in total. The van der Waals surface area contributed by atoms with Crippen LogP contribution in [0, 0.1) is 0 Å². The molecule has 2 aliphatic rings. The summed E-state index contributed by atoms with van der Waals surface area (Å²) >= 11 is 0. The second-order valence-electron chi connectivity index (χ2n) is 6.28. The number of nitrogens with one attached hydrogen (secondary N) is 1. The minimum absolute atomic E-state index is 0.0553. The molecule has 1 saturated heterocycles. The maximum atomic E-state index is 12.7. The molecule has 2 aliphatic heterocycles. The van der Waals surface area contributed by atoms with Gasteiger partial charge < -0.3 is 24.3 Å². The quantitative estimate of drug-likeness (QED) is 0.652. The Morgan fingerprint density at radius 3 is 2.62 bits per heavy atom. The molecule has 0 aromatic heterocycles. The highest BCUT2D eigenvalue weighted by Crippen LogP contribution is 2.21. The number of esters is 1. The zero-order chi connectivity index (χ0) is 20.9. The first-order chi connectivity index (χ1) is 13.9. The Bertz CT molecular complexity index is 893. The average molecular weight is 426 g/mol. The number of hydrogen-bond donors (Lipinski definition) is 1. The van der Waals surface area contributed by atoms with Gasteiger partial charge in [-0.25, -0.2) is 13.2 Å². The lowest BCUT2D eigenvalue weighted by Crippen LogP contribution is -2.40. The molecule has 0 bridgehead atoms. The van der Waals surface area contributed by atoms with Crippen LogP contribution in [0.25, 0.3) is 0 Å². The molecule has 158 valence electrons. The number of sulfonamides is 1. The van der Waals surface area contributed by atoms with E-state index in [9.17, 15) is 18.0 Å². The van der Waals surface area contributed by atoms with Crippen LogP contribution in [0.1, 0.15) is 6.92 Å². The Morgan fingerprint density at radius 2 is 1.93 bits per heavy atom. The van der Waals surface area contributed by atoms with Crippen LogP contribution in [0.5, 0.6) is 0 Å². The Kier molecular flexibility index (Phi) is 6.72. The number of morpholine rings is 1. The fourth-order valence-electron chi connectivity index (χ4n) is 2.66. The molecule has 0 unspecified atom stereocenters. The van der Waals surface area contributed by atoms with Crippen LogP contribution in [0.15, 0.2) is 41.2 Å². The summed E-state index contributed by atoms with van der Waals surface area (Å²) in [5, 5.41) is 2.55. The molecule has 1 aromatic carbocycles. The lowest BCUT2D eigenvalue weighted by atomic mass is 10.3. The summed E-state index contributed by atoms with van der Waals surface area (Å²) in [4.78, 5) is 24.3. The smallest absolute Gasteiger partial charge is 0.377 e. The van der Waals surface area contributed by atoms with Crippen molar-refractivity contribution in [3.8, 4) is 0 Å². The van der Waals surface area contributed by atoms with Crippen molar-refractivity contribution in [2.24, 2.45) is 0 Å². The van der Waals surface area contributed by atoms with Gasteiger partial charge in [0.05, 0.1) is 18.1 Å². The molecule has 1 amide bonds. The summed E-state index contributed by atoms with van der Waals surface area (Å²) in [5.74, 6) is -1.55. The van der Waals surface area contributed by atoms with Gasteiger partial charge in [0.25, 0.3) is 5.91 Å². The second kappa shape index (κ2) is 9.25. The Morgan fingerprint density at radius 1 is 1.17 bits per heavy atom. The molecule has 1 aromatic rings. The Labute approximate surface area is 168 Å². The van der Waals surface area contributed by atoms with E-state index in [-0.39, 0.29) is 36.0 Å². The Hall–Kier alpha value is -2.63. The van der Waals surface area contributed by atoms with Gasteiger partial charge in [0.15, 0.2) is 6.10 Å². The molecule has 10 nitrogen and oxygen atoms in total. The summed E-state index contributed by atoms with van der Waals surface area (Å²) in [5.41, 5.74) is 0.267. The fraction of sp³-hybridized carbons (Fsp3) is 0.444. The molecule has 0 saturated carbocycles. The summed E-state index contributed by atoms with van der Waals surface area (Å²) in [6.07, 6.45) is 0.00426. The van der Waals surface area contributed by atoms with Crippen molar-refractivity contribution in [3.05, 3.63) is 36.3 Å². The van der Waals surface area contributed by atoms with Crippen LogP contribution < -0.4 is 5.32 Å². The van der Waals surface area contributed by atoms with E-state index >= 15 is 0 Å². The molecular formula is C18H22N2O8S. The van der Waals surface area contributed by atoms with Gasteiger partial charge in [-0.2, -0.15) is 4.31 Å². The topological polar surface area (TPSA) is 120 Å². The second-order valence-corrected chi connectivity index (χ2v) is 8.22. The number of nitrogens with zero attached hydrogens (tertiary/aromatic N) is 1. The number of amides is 1. The van der Waals surface area contributed by atoms with Crippen molar-refractivity contribution >= 4 is 27.6 Å². The molecule has 1 atom stereocenters. The average Bonchev–Trinajstić information content (AvgIpc) is 2.75. The summed E-state index contributed by atoms with van der Waals surface area (Å²) in [6, 6.07) is 5.89. The van der Waals surface area contributed by atoms with Gasteiger partial charge in [-0.15, -0.1) is 0 Å². The van der Waals surface area contributed by atoms with Crippen molar-refractivity contribution < 1.29 is 37.0 Å². The SMILES string of the molecule is C[C@H](OC(=O)C1=COCCO1)C(=O)Nc1cccc(S(=O)(=O)N2CCOCC2)c1. The van der Waals surface area contributed by atoms with E-state index in [0.29, 0.717) is 19.8 Å². The molecule has 2 heterocycles. The first-order valence-electron chi connectivity index (χ1n) is 9.02. The van der Waals surface area contributed by atoms with Crippen molar-refractivity contribution in [3.63, 3.8) is 0 Å². The minimum atomic E-state index is -3.70. The van der Waals surface area contributed by atoms with E-state index in [1.54, 1.807) is 6.07 Å². The number of ether oxygens (including phenoxy) is 4. The first kappa shape index (κ1) is 21.1. The van der Waals surface area contributed by atoms with Crippen molar-refractivity contribution in [1.29, 1.82) is 0 Å². The minimum Gasteiger partial charge on any atom is -0.493 e. The highest BCUT2D eigenvalue weighted by Gasteiger charge is 2.27. The predicted molar refractivity (Wildman–Crippen MR) is 100 cm³/mol. The number of rotatable bonds is 6. The molecule has 29 heavy (non-hydrogen) atoms. The largest absolute Gasteiger partial charge is 0.493 e. The number of anilines is 1. The zero-order valence-corrected chi connectivity index (χ0v) is 16.6. The maximum absolute atomic E-state index is 12.7. The van der Waals surface area contributed by atoms with Gasteiger partial charge in [0.2, 0.25) is 15.8 Å². The van der Waals surface area contributed by atoms with Gasteiger partial charge in [-0.05, 0) is 25.1 Å². The van der Waals surface area contributed by atoms with Gasteiger partial charge in [-0.3, -0.25) is 4.79 Å². The number of carbonyl (C=O) groups is 2. The monoisotopic (exact) mass is 426 g/mol. The molecule has 0 spiro atoms. The fourth-order valence-corrected chi connectivity index (χ4v) is 4.12. The summed E-state index contributed by atoms with van der Waals surface area (Å²) < 4.78 is 47.1. The van der Waals surface area contributed by atoms with Gasteiger partial charge in [0.1, 0.15) is 19.5 Å². The lowest BCUT2D eigenvalue weighted by Gasteiger charge is -2.26. The van der Waals surface area contributed by atoms with Crippen LogP contribution in [-0.4, -0.2) is 70.2 Å². The highest BCUT2D eigenvalue weighted by atomic mass is 32.2. The van der Waals surface area contributed by atoms with Gasteiger partial charge in [-0.1, -0.05) is 6.07 Å². The molecule has 0 aliphatic carbocycles. The Balaban J connectivity index is 1.63. The molecule has 1 fully saturated rings. The lowest BCUT2D eigenvalue weighted by molar-refractivity contribution is -0.153. The van der Waals surface area contributed by atoms with E-state index in [0.717, 1.165) is 6.26 Å². The first-order valence-corrected chi connectivity index (χ1v) is 10.5. The molecule has 3 rings (SSSR count). The van der Waals surface area contributed by atoms with E-state index in [4.69, 9.17) is 18.9 Å². The predicted octanol–water partition coefficient (Wildman–Crippen LogP) is 0.466. The van der Waals surface area contributed by atoms with Crippen molar-refractivity contribution in [1.82, 2.24) is 4.31 Å². The van der Waals surface area contributed by atoms with Crippen molar-refractivity contribution in [2.45, 2.75) is 17.9 Å².